The third kappa shape index (κ3) is 4.21. The van der Waals surface area contributed by atoms with Gasteiger partial charge in [-0.25, -0.2) is 18.4 Å². The third-order valence-electron chi connectivity index (χ3n) is 4.38. The third-order valence-corrected chi connectivity index (χ3v) is 6.15. The molecule has 0 amide bonds. The van der Waals surface area contributed by atoms with E-state index >= 15 is 0 Å². The maximum Gasteiger partial charge on any atom is 0.433 e. The van der Waals surface area contributed by atoms with Crippen molar-refractivity contribution in [3.05, 3.63) is 35.7 Å². The van der Waals surface area contributed by atoms with Crippen molar-refractivity contribution in [2.24, 2.45) is 7.05 Å². The van der Waals surface area contributed by atoms with Crippen molar-refractivity contribution in [2.75, 3.05) is 11.5 Å². The molecule has 0 unspecified atom stereocenters. The average Bonchev–Trinajstić information content (AvgIpc) is 3.00. The van der Waals surface area contributed by atoms with Gasteiger partial charge in [-0.15, -0.1) is 0 Å². The summed E-state index contributed by atoms with van der Waals surface area (Å²) in [5, 5.41) is 0. The fourth-order valence-corrected chi connectivity index (χ4v) is 3.88. The van der Waals surface area contributed by atoms with E-state index in [4.69, 9.17) is 5.73 Å². The number of nitrogen functional groups attached to an aromatic ring is 1. The number of pyridine rings is 1. The van der Waals surface area contributed by atoms with Crippen LogP contribution >= 0.6 is 0 Å². The number of aromatic nitrogens is 3. The van der Waals surface area contributed by atoms with E-state index in [1.807, 2.05) is 13.8 Å². The summed E-state index contributed by atoms with van der Waals surface area (Å²) in [5.74, 6) is 0.0768. The van der Waals surface area contributed by atoms with E-state index < -0.39 is 21.7 Å². The van der Waals surface area contributed by atoms with Crippen LogP contribution in [0.4, 0.5) is 18.9 Å². The molecule has 0 aliphatic carbocycles. The Morgan fingerprint density at radius 3 is 2.34 bits per heavy atom. The van der Waals surface area contributed by atoms with Gasteiger partial charge in [0.1, 0.15) is 11.5 Å². The lowest BCUT2D eigenvalue weighted by Crippen LogP contribution is -2.09. The Morgan fingerprint density at radius 1 is 1.17 bits per heavy atom. The molecule has 2 N–H and O–H groups in total. The highest BCUT2D eigenvalue weighted by molar-refractivity contribution is 7.91. The fourth-order valence-electron chi connectivity index (χ4n) is 2.78. The molecular weight excluding hydrogens is 405 g/mol. The molecule has 0 aliphatic heterocycles. The Bertz CT molecular complexity index is 1150. The molecule has 3 rings (SSSR count). The molecule has 2 heterocycles. The van der Waals surface area contributed by atoms with E-state index in [1.165, 1.54) is 17.6 Å². The SMILES string of the molecule is CC.CCS(=O)(=O)c1cc(N)c(C)cc1-c1nc2cc(C(F)(F)F)ncc2n1C. The van der Waals surface area contributed by atoms with Crippen LogP contribution < -0.4 is 5.73 Å². The highest BCUT2D eigenvalue weighted by atomic mass is 32.2. The molecule has 10 heteroatoms. The van der Waals surface area contributed by atoms with Crippen molar-refractivity contribution >= 4 is 26.6 Å². The number of imidazole rings is 1. The Morgan fingerprint density at radius 2 is 1.79 bits per heavy atom. The Kier molecular flexibility index (Phi) is 6.27. The summed E-state index contributed by atoms with van der Waals surface area (Å²) in [6.07, 6.45) is -3.52. The van der Waals surface area contributed by atoms with Gasteiger partial charge in [0.2, 0.25) is 0 Å². The lowest BCUT2D eigenvalue weighted by molar-refractivity contribution is -0.141. The van der Waals surface area contributed by atoms with Gasteiger partial charge in [-0.3, -0.25) is 0 Å². The van der Waals surface area contributed by atoms with Crippen molar-refractivity contribution < 1.29 is 21.6 Å². The molecular formula is C19H23F3N4O2S. The molecule has 0 aliphatic rings. The van der Waals surface area contributed by atoms with Crippen LogP contribution in [0.3, 0.4) is 0 Å². The van der Waals surface area contributed by atoms with Gasteiger partial charge in [0.05, 0.1) is 27.9 Å². The van der Waals surface area contributed by atoms with Gasteiger partial charge in [0.25, 0.3) is 0 Å². The summed E-state index contributed by atoms with van der Waals surface area (Å²) >= 11 is 0. The average molecular weight is 428 g/mol. The number of alkyl halides is 3. The van der Waals surface area contributed by atoms with Crippen LogP contribution in [-0.2, 0) is 23.1 Å². The molecule has 0 fully saturated rings. The number of halogens is 3. The second-order valence-electron chi connectivity index (χ2n) is 6.16. The standard InChI is InChI=1S/C17H17F3N4O2S.C2H6/c1-4-27(25,26)14-6-11(21)9(2)5-10(14)16-23-12-7-15(17(18,19)20)22-8-13(12)24(16)3;1-2/h5-8H,4,21H2,1-3H3;1-2H3. The zero-order chi connectivity index (χ0) is 22.1. The number of fused-ring (bicyclic) bond motifs is 1. The lowest BCUT2D eigenvalue weighted by Gasteiger charge is -2.12. The molecule has 0 spiro atoms. The van der Waals surface area contributed by atoms with Crippen LogP contribution in [0.15, 0.2) is 29.3 Å². The highest BCUT2D eigenvalue weighted by Crippen LogP contribution is 2.34. The molecule has 0 atom stereocenters. The summed E-state index contributed by atoms with van der Waals surface area (Å²) in [6, 6.07) is 3.79. The van der Waals surface area contributed by atoms with Crippen LogP contribution in [-0.4, -0.2) is 28.7 Å². The van der Waals surface area contributed by atoms with Crippen molar-refractivity contribution in [1.82, 2.24) is 14.5 Å². The zero-order valence-corrected chi connectivity index (χ0v) is 17.6. The van der Waals surface area contributed by atoms with E-state index in [0.717, 1.165) is 12.3 Å². The van der Waals surface area contributed by atoms with Gasteiger partial charge < -0.3 is 10.3 Å². The molecule has 29 heavy (non-hydrogen) atoms. The van der Waals surface area contributed by atoms with Gasteiger partial charge >= 0.3 is 6.18 Å². The highest BCUT2D eigenvalue weighted by Gasteiger charge is 2.33. The second kappa shape index (κ2) is 8.02. The minimum absolute atomic E-state index is 0.00416. The number of aryl methyl sites for hydroxylation is 2. The zero-order valence-electron chi connectivity index (χ0n) is 16.8. The maximum absolute atomic E-state index is 12.9. The van der Waals surface area contributed by atoms with Gasteiger partial charge in [0, 0.05) is 18.3 Å². The summed E-state index contributed by atoms with van der Waals surface area (Å²) in [5.41, 5.74) is 6.48. The minimum Gasteiger partial charge on any atom is -0.398 e. The maximum atomic E-state index is 12.9. The quantitative estimate of drug-likeness (QED) is 0.626. The van der Waals surface area contributed by atoms with Crippen LogP contribution in [0.5, 0.6) is 0 Å². The second-order valence-corrected chi connectivity index (χ2v) is 8.41. The van der Waals surface area contributed by atoms with E-state index in [0.29, 0.717) is 16.8 Å². The summed E-state index contributed by atoms with van der Waals surface area (Å²) in [6.45, 7) is 7.22. The number of rotatable bonds is 3. The van der Waals surface area contributed by atoms with E-state index in [-0.39, 0.29) is 27.6 Å². The Balaban J connectivity index is 0.00000145. The largest absolute Gasteiger partial charge is 0.433 e. The first-order chi connectivity index (χ1) is 13.5. The molecule has 1 aromatic carbocycles. The number of hydrogen-bond acceptors (Lipinski definition) is 5. The number of hydrogen-bond donors (Lipinski definition) is 1. The summed E-state index contributed by atoms with van der Waals surface area (Å²) < 4.78 is 65.3. The lowest BCUT2D eigenvalue weighted by atomic mass is 10.1. The molecule has 3 aromatic rings. The number of nitrogens with zero attached hydrogens (tertiary/aromatic N) is 3. The van der Waals surface area contributed by atoms with Gasteiger partial charge in [-0.2, -0.15) is 13.2 Å². The van der Waals surface area contributed by atoms with E-state index in [2.05, 4.69) is 9.97 Å². The Labute approximate surface area is 167 Å². The molecule has 0 saturated carbocycles. The van der Waals surface area contributed by atoms with Crippen LogP contribution in [0.25, 0.3) is 22.4 Å². The topological polar surface area (TPSA) is 90.9 Å². The predicted molar refractivity (Wildman–Crippen MR) is 107 cm³/mol. The number of sulfone groups is 1. The number of anilines is 1. The Hall–Kier alpha value is -2.62. The normalized spacial score (nSPS) is 12.0. The number of benzene rings is 1. The van der Waals surface area contributed by atoms with Crippen molar-refractivity contribution in [2.45, 2.75) is 38.8 Å². The van der Waals surface area contributed by atoms with Crippen molar-refractivity contribution in [3.8, 4) is 11.4 Å². The van der Waals surface area contributed by atoms with Crippen molar-refractivity contribution in [1.29, 1.82) is 0 Å². The molecule has 2 aromatic heterocycles. The van der Waals surface area contributed by atoms with E-state index in [9.17, 15) is 21.6 Å². The van der Waals surface area contributed by atoms with Crippen LogP contribution in [0.2, 0.25) is 0 Å². The summed E-state index contributed by atoms with van der Waals surface area (Å²) in [4.78, 5) is 7.69. The minimum atomic E-state index is -4.60. The van der Waals surface area contributed by atoms with Crippen LogP contribution in [0.1, 0.15) is 32.0 Å². The first kappa shape index (κ1) is 22.7. The monoisotopic (exact) mass is 428 g/mol. The van der Waals surface area contributed by atoms with E-state index in [1.54, 1.807) is 20.0 Å². The number of nitrogens with two attached hydrogens (primary N) is 1. The molecule has 158 valence electrons. The molecule has 0 saturated heterocycles. The van der Waals surface area contributed by atoms with Gasteiger partial charge in [-0.05, 0) is 30.7 Å². The van der Waals surface area contributed by atoms with Gasteiger partial charge in [-0.1, -0.05) is 20.8 Å². The molecule has 0 radical (unpaired) electrons. The van der Waals surface area contributed by atoms with Crippen LogP contribution in [0, 0.1) is 6.92 Å². The summed E-state index contributed by atoms with van der Waals surface area (Å²) in [7, 11) is -2.04. The molecule has 0 bridgehead atoms. The molecule has 6 nitrogen and oxygen atoms in total. The fraction of sp³-hybridized carbons (Fsp3) is 0.368. The smallest absolute Gasteiger partial charge is 0.398 e. The first-order valence-corrected chi connectivity index (χ1v) is 10.6. The first-order valence-electron chi connectivity index (χ1n) is 8.98. The predicted octanol–water partition coefficient (Wildman–Crippen LogP) is 4.36. The van der Waals surface area contributed by atoms with Gasteiger partial charge in [0.15, 0.2) is 9.84 Å². The van der Waals surface area contributed by atoms with Crippen molar-refractivity contribution in [3.63, 3.8) is 0 Å².